The molecule has 4 nitrogen and oxygen atoms in total. The molecule has 0 aliphatic carbocycles. The maximum atomic E-state index is 6.17. The summed E-state index contributed by atoms with van der Waals surface area (Å²) in [7, 11) is 2.01. The van der Waals surface area contributed by atoms with Crippen LogP contribution in [0.5, 0.6) is 0 Å². The molecule has 0 amide bonds. The number of nitrogens with zero attached hydrogens (tertiary/aromatic N) is 3. The Kier molecular flexibility index (Phi) is 3.74. The fraction of sp³-hybridized carbons (Fsp3) is 0.286. The van der Waals surface area contributed by atoms with E-state index in [0.29, 0.717) is 11.7 Å². The van der Waals surface area contributed by atoms with E-state index in [0.717, 1.165) is 34.1 Å². The summed E-state index contributed by atoms with van der Waals surface area (Å²) in [6.07, 6.45) is 0. The third-order valence-corrected chi connectivity index (χ3v) is 4.05. The van der Waals surface area contributed by atoms with Crippen molar-refractivity contribution in [3.63, 3.8) is 0 Å². The van der Waals surface area contributed by atoms with Gasteiger partial charge >= 0.3 is 0 Å². The van der Waals surface area contributed by atoms with E-state index >= 15 is 0 Å². The predicted octanol–water partition coefficient (Wildman–Crippen LogP) is 3.88. The maximum Gasteiger partial charge on any atom is 0.145 e. The van der Waals surface area contributed by atoms with Gasteiger partial charge in [-0.1, -0.05) is 11.6 Å². The Morgan fingerprint density at radius 1 is 1.25 bits per heavy atom. The molecule has 0 fully saturated rings. The Balaban J connectivity index is 1.75. The summed E-state index contributed by atoms with van der Waals surface area (Å²) in [6.45, 7) is 3.29. The summed E-state index contributed by atoms with van der Waals surface area (Å²) in [4.78, 5) is 11.9. The van der Waals surface area contributed by atoms with Crippen molar-refractivity contribution < 1.29 is 4.42 Å². The molecule has 0 bridgehead atoms. The van der Waals surface area contributed by atoms with Crippen LogP contribution in [0.25, 0.3) is 10.2 Å². The quantitative estimate of drug-likeness (QED) is 0.686. The summed E-state index contributed by atoms with van der Waals surface area (Å²) >= 11 is 7.75. The molecule has 3 rings (SSSR count). The normalized spacial score (nSPS) is 11.6. The monoisotopic (exact) mass is 307 g/mol. The van der Waals surface area contributed by atoms with Gasteiger partial charge in [0.05, 0.1) is 13.1 Å². The minimum atomic E-state index is 0.522. The highest BCUT2D eigenvalue weighted by Crippen LogP contribution is 2.25. The SMILES string of the molecule is Cc1ccc(CN(C)Cc2nc(Cl)c3ccsc3n2)o1. The zero-order valence-corrected chi connectivity index (χ0v) is 12.8. The Morgan fingerprint density at radius 2 is 2.10 bits per heavy atom. The third-order valence-electron chi connectivity index (χ3n) is 2.96. The molecule has 0 spiro atoms. The van der Waals surface area contributed by atoms with Crippen molar-refractivity contribution in [3.8, 4) is 0 Å². The highest BCUT2D eigenvalue weighted by Gasteiger charge is 2.10. The molecule has 0 saturated carbocycles. The lowest BCUT2D eigenvalue weighted by Crippen LogP contribution is -2.18. The average Bonchev–Trinajstić information content (AvgIpc) is 2.98. The summed E-state index contributed by atoms with van der Waals surface area (Å²) in [5, 5.41) is 3.42. The second-order valence-corrected chi connectivity index (χ2v) is 6.01. The van der Waals surface area contributed by atoms with Gasteiger partial charge in [-0.2, -0.15) is 0 Å². The lowest BCUT2D eigenvalue weighted by atomic mass is 10.4. The molecule has 0 aliphatic rings. The van der Waals surface area contributed by atoms with E-state index in [-0.39, 0.29) is 0 Å². The van der Waals surface area contributed by atoms with Gasteiger partial charge < -0.3 is 4.42 Å². The molecule has 3 aromatic heterocycles. The van der Waals surface area contributed by atoms with E-state index in [9.17, 15) is 0 Å². The molecular formula is C14H14ClN3OS. The summed E-state index contributed by atoms with van der Waals surface area (Å²) < 4.78 is 5.57. The fourth-order valence-electron chi connectivity index (χ4n) is 2.06. The molecule has 20 heavy (non-hydrogen) atoms. The smallest absolute Gasteiger partial charge is 0.145 e. The van der Waals surface area contributed by atoms with Gasteiger partial charge in [-0.25, -0.2) is 9.97 Å². The van der Waals surface area contributed by atoms with Crippen molar-refractivity contribution in [2.75, 3.05) is 7.05 Å². The molecule has 3 heterocycles. The van der Waals surface area contributed by atoms with Gasteiger partial charge in [0.2, 0.25) is 0 Å². The van der Waals surface area contributed by atoms with Crippen LogP contribution in [0, 0.1) is 6.92 Å². The van der Waals surface area contributed by atoms with Crippen LogP contribution in [0.2, 0.25) is 5.15 Å². The Morgan fingerprint density at radius 3 is 2.85 bits per heavy atom. The number of hydrogen-bond acceptors (Lipinski definition) is 5. The molecule has 0 N–H and O–H groups in total. The van der Waals surface area contributed by atoms with Gasteiger partial charge in [-0.3, -0.25) is 4.90 Å². The minimum absolute atomic E-state index is 0.522. The first-order chi connectivity index (χ1) is 9.61. The molecule has 0 aliphatic heterocycles. The topological polar surface area (TPSA) is 42.2 Å². The maximum absolute atomic E-state index is 6.17. The number of thiophene rings is 1. The highest BCUT2D eigenvalue weighted by molar-refractivity contribution is 7.16. The Hall–Kier alpha value is -1.43. The largest absolute Gasteiger partial charge is 0.465 e. The second-order valence-electron chi connectivity index (χ2n) is 4.75. The zero-order valence-electron chi connectivity index (χ0n) is 11.3. The molecule has 0 radical (unpaired) electrons. The first-order valence-corrected chi connectivity index (χ1v) is 7.51. The van der Waals surface area contributed by atoms with Crippen LogP contribution in [0.1, 0.15) is 17.3 Å². The van der Waals surface area contributed by atoms with Gasteiger partial charge in [0, 0.05) is 5.39 Å². The Bertz CT molecular complexity index is 737. The van der Waals surface area contributed by atoms with Crippen LogP contribution in [0.15, 0.2) is 28.0 Å². The average molecular weight is 308 g/mol. The number of fused-ring (bicyclic) bond motifs is 1. The molecule has 0 aromatic carbocycles. The molecular weight excluding hydrogens is 294 g/mol. The van der Waals surface area contributed by atoms with Crippen molar-refractivity contribution in [3.05, 3.63) is 46.1 Å². The van der Waals surface area contributed by atoms with Crippen molar-refractivity contribution >= 4 is 33.2 Å². The number of aryl methyl sites for hydroxylation is 1. The Labute approximate surface area is 126 Å². The summed E-state index contributed by atoms with van der Waals surface area (Å²) in [6, 6.07) is 5.90. The molecule has 104 valence electrons. The lowest BCUT2D eigenvalue weighted by molar-refractivity contribution is 0.279. The van der Waals surface area contributed by atoms with Crippen molar-refractivity contribution in [1.82, 2.24) is 14.9 Å². The van der Waals surface area contributed by atoms with Gasteiger partial charge in [-0.05, 0) is 37.6 Å². The number of furan rings is 1. The van der Waals surface area contributed by atoms with Crippen LogP contribution in [0.3, 0.4) is 0 Å². The van der Waals surface area contributed by atoms with E-state index in [1.165, 1.54) is 0 Å². The fourth-order valence-corrected chi connectivity index (χ4v) is 3.15. The van der Waals surface area contributed by atoms with E-state index in [1.807, 2.05) is 37.6 Å². The molecule has 6 heteroatoms. The minimum Gasteiger partial charge on any atom is -0.465 e. The van der Waals surface area contributed by atoms with Gasteiger partial charge in [0.1, 0.15) is 27.3 Å². The standard InChI is InChI=1S/C14H14ClN3OS/c1-9-3-4-10(19-9)7-18(2)8-12-16-13(15)11-5-6-20-14(11)17-12/h3-6H,7-8H2,1-2H3. The van der Waals surface area contributed by atoms with Crippen molar-refractivity contribution in [2.24, 2.45) is 0 Å². The predicted molar refractivity (Wildman–Crippen MR) is 81.0 cm³/mol. The van der Waals surface area contributed by atoms with Crippen molar-refractivity contribution in [1.29, 1.82) is 0 Å². The number of rotatable bonds is 4. The molecule has 0 saturated heterocycles. The zero-order chi connectivity index (χ0) is 14.1. The van der Waals surface area contributed by atoms with Crippen LogP contribution < -0.4 is 0 Å². The van der Waals surface area contributed by atoms with Crippen LogP contribution >= 0.6 is 22.9 Å². The van der Waals surface area contributed by atoms with Gasteiger partial charge in [0.15, 0.2) is 0 Å². The summed E-state index contributed by atoms with van der Waals surface area (Å²) in [5.41, 5.74) is 0. The lowest BCUT2D eigenvalue weighted by Gasteiger charge is -2.14. The molecule has 3 aromatic rings. The van der Waals surface area contributed by atoms with E-state index in [1.54, 1.807) is 11.3 Å². The second kappa shape index (κ2) is 5.52. The van der Waals surface area contributed by atoms with Crippen LogP contribution in [-0.2, 0) is 13.1 Å². The van der Waals surface area contributed by atoms with Crippen molar-refractivity contribution in [2.45, 2.75) is 20.0 Å². The molecule has 0 atom stereocenters. The van der Waals surface area contributed by atoms with E-state index in [4.69, 9.17) is 16.0 Å². The van der Waals surface area contributed by atoms with Gasteiger partial charge in [0.25, 0.3) is 0 Å². The van der Waals surface area contributed by atoms with E-state index in [2.05, 4.69) is 14.9 Å². The number of aromatic nitrogens is 2. The summed E-state index contributed by atoms with van der Waals surface area (Å²) in [5.74, 6) is 2.59. The molecule has 0 unspecified atom stereocenters. The van der Waals surface area contributed by atoms with E-state index < -0.39 is 0 Å². The number of hydrogen-bond donors (Lipinski definition) is 0. The third kappa shape index (κ3) is 2.85. The van der Waals surface area contributed by atoms with Gasteiger partial charge in [-0.15, -0.1) is 11.3 Å². The number of halogens is 1. The van der Waals surface area contributed by atoms with Crippen LogP contribution in [0.4, 0.5) is 0 Å². The first-order valence-electron chi connectivity index (χ1n) is 6.25. The first kappa shape index (κ1) is 13.5. The van der Waals surface area contributed by atoms with Crippen LogP contribution in [-0.4, -0.2) is 21.9 Å². The highest BCUT2D eigenvalue weighted by atomic mass is 35.5.